The zero-order valence-corrected chi connectivity index (χ0v) is 14.8. The molecule has 0 fully saturated rings. The van der Waals surface area contributed by atoms with Crippen LogP contribution >= 0.6 is 0 Å². The first-order valence-corrected chi connectivity index (χ1v) is 8.28. The van der Waals surface area contributed by atoms with Crippen molar-refractivity contribution < 1.29 is 4.79 Å². The van der Waals surface area contributed by atoms with E-state index in [-0.39, 0.29) is 5.41 Å². The maximum absolute atomic E-state index is 10.5. The molecule has 0 aromatic heterocycles. The molecule has 0 atom stereocenters. The van der Waals surface area contributed by atoms with E-state index in [0.29, 0.717) is 0 Å². The van der Waals surface area contributed by atoms with Crippen LogP contribution in [-0.4, -0.2) is 6.29 Å². The van der Waals surface area contributed by atoms with Crippen molar-refractivity contribution in [2.45, 2.75) is 60.3 Å². The minimum absolute atomic E-state index is 0.289. The van der Waals surface area contributed by atoms with E-state index < -0.39 is 0 Å². The van der Waals surface area contributed by atoms with Crippen molar-refractivity contribution in [1.82, 2.24) is 0 Å². The Morgan fingerprint density at radius 2 is 1.95 bits per heavy atom. The first kappa shape index (κ1) is 18.4. The highest BCUT2D eigenvalue weighted by molar-refractivity contribution is 5.67. The fraction of sp³-hybridized carbons (Fsp3) is 0.476. The molecule has 0 aromatic carbocycles. The van der Waals surface area contributed by atoms with Crippen LogP contribution in [0.25, 0.3) is 0 Å². The second kappa shape index (κ2) is 8.73. The Bertz CT molecular complexity index is 536. The summed E-state index contributed by atoms with van der Waals surface area (Å²) in [6.07, 6.45) is 17.7. The van der Waals surface area contributed by atoms with Gasteiger partial charge in [-0.2, -0.15) is 0 Å². The number of allylic oxidation sites excluding steroid dienone is 10. The summed E-state index contributed by atoms with van der Waals surface area (Å²) in [6.45, 7) is 11.1. The number of carbonyl (C=O) groups excluding carboxylic acids is 1. The number of carbonyl (C=O) groups is 1. The largest absolute Gasteiger partial charge is 0.299 e. The lowest BCUT2D eigenvalue weighted by atomic mass is 9.72. The summed E-state index contributed by atoms with van der Waals surface area (Å²) in [5.41, 5.74) is 5.58. The van der Waals surface area contributed by atoms with Crippen molar-refractivity contribution >= 4 is 6.29 Å². The van der Waals surface area contributed by atoms with Gasteiger partial charge < -0.3 is 0 Å². The molecule has 0 bridgehead atoms. The lowest BCUT2D eigenvalue weighted by molar-refractivity contribution is -0.104. The molecule has 0 radical (unpaired) electrons. The lowest BCUT2D eigenvalue weighted by Gasteiger charge is -2.32. The van der Waals surface area contributed by atoms with E-state index >= 15 is 0 Å². The van der Waals surface area contributed by atoms with Gasteiger partial charge in [0.2, 0.25) is 0 Å². The minimum Gasteiger partial charge on any atom is -0.299 e. The third-order valence-electron chi connectivity index (χ3n) is 4.42. The molecular formula is C21H30O. The number of hydrogen-bond donors (Lipinski definition) is 0. The molecule has 1 nitrogen and oxygen atoms in total. The summed E-state index contributed by atoms with van der Waals surface area (Å²) < 4.78 is 0. The van der Waals surface area contributed by atoms with Gasteiger partial charge >= 0.3 is 0 Å². The van der Waals surface area contributed by atoms with E-state index in [1.54, 1.807) is 6.08 Å². The van der Waals surface area contributed by atoms with Gasteiger partial charge in [0.1, 0.15) is 6.29 Å². The fourth-order valence-electron chi connectivity index (χ4n) is 2.98. The summed E-state index contributed by atoms with van der Waals surface area (Å²) in [5.74, 6) is 0. The third-order valence-corrected chi connectivity index (χ3v) is 4.42. The monoisotopic (exact) mass is 298 g/mol. The highest BCUT2D eigenvalue weighted by Gasteiger charge is 2.26. The number of hydrogen-bond acceptors (Lipinski definition) is 1. The van der Waals surface area contributed by atoms with E-state index in [4.69, 9.17) is 0 Å². The quantitative estimate of drug-likeness (QED) is 0.328. The molecule has 0 spiro atoms. The standard InChI is InChI=1S/C21H30O/c1-6-19(14-16-22)11-7-9-17(2)12-13-20-18(3)10-8-15-21(20,4)5/h7,9,11-14,16H,6,8,10,15H2,1-5H3/b11-7+,13-12+,17-9-,19-14+. The van der Waals surface area contributed by atoms with E-state index in [1.165, 1.54) is 36.0 Å². The maximum Gasteiger partial charge on any atom is 0.143 e. The molecule has 0 heterocycles. The molecule has 0 unspecified atom stereocenters. The van der Waals surface area contributed by atoms with Gasteiger partial charge in [-0.15, -0.1) is 0 Å². The molecule has 0 aliphatic heterocycles. The van der Waals surface area contributed by atoms with Crippen LogP contribution in [0.1, 0.15) is 60.3 Å². The molecule has 0 aromatic rings. The fourth-order valence-corrected chi connectivity index (χ4v) is 2.98. The van der Waals surface area contributed by atoms with Crippen molar-refractivity contribution in [3.05, 3.63) is 58.7 Å². The van der Waals surface area contributed by atoms with E-state index in [1.807, 2.05) is 12.2 Å². The molecule has 120 valence electrons. The zero-order valence-electron chi connectivity index (χ0n) is 14.8. The molecule has 0 amide bonds. The van der Waals surface area contributed by atoms with Gasteiger partial charge in [-0.05, 0) is 62.2 Å². The smallest absolute Gasteiger partial charge is 0.143 e. The lowest BCUT2D eigenvalue weighted by Crippen LogP contribution is -2.19. The van der Waals surface area contributed by atoms with E-state index in [0.717, 1.165) is 18.3 Å². The van der Waals surface area contributed by atoms with E-state index in [9.17, 15) is 4.79 Å². The zero-order chi connectivity index (χ0) is 16.6. The van der Waals surface area contributed by atoms with Crippen LogP contribution in [0.15, 0.2) is 58.7 Å². The molecule has 1 heteroatoms. The highest BCUT2D eigenvalue weighted by Crippen LogP contribution is 2.40. The van der Waals surface area contributed by atoms with E-state index in [2.05, 4.69) is 52.8 Å². The normalized spacial score (nSPS) is 20.2. The highest BCUT2D eigenvalue weighted by atomic mass is 16.1. The average Bonchev–Trinajstić information content (AvgIpc) is 2.45. The van der Waals surface area contributed by atoms with Crippen LogP contribution in [0, 0.1) is 5.41 Å². The van der Waals surface area contributed by atoms with Gasteiger partial charge in [-0.1, -0.05) is 62.3 Å². The summed E-state index contributed by atoms with van der Waals surface area (Å²) in [6, 6.07) is 0. The number of rotatable bonds is 6. The van der Waals surface area contributed by atoms with Crippen molar-refractivity contribution in [2.75, 3.05) is 0 Å². The van der Waals surface area contributed by atoms with Gasteiger partial charge in [0.25, 0.3) is 0 Å². The van der Waals surface area contributed by atoms with Crippen LogP contribution in [0.3, 0.4) is 0 Å². The van der Waals surface area contributed by atoms with Gasteiger partial charge in [0.15, 0.2) is 0 Å². The molecule has 0 N–H and O–H groups in total. The first-order valence-electron chi connectivity index (χ1n) is 8.28. The van der Waals surface area contributed by atoms with Crippen molar-refractivity contribution in [1.29, 1.82) is 0 Å². The predicted molar refractivity (Wildman–Crippen MR) is 96.8 cm³/mol. The van der Waals surface area contributed by atoms with Gasteiger partial charge in [-0.3, -0.25) is 4.79 Å². The molecule has 0 saturated carbocycles. The second-order valence-electron chi connectivity index (χ2n) is 6.77. The van der Waals surface area contributed by atoms with Crippen LogP contribution in [0.4, 0.5) is 0 Å². The van der Waals surface area contributed by atoms with Crippen LogP contribution in [-0.2, 0) is 4.79 Å². The molecule has 1 rings (SSSR count). The van der Waals surface area contributed by atoms with Gasteiger partial charge in [0.05, 0.1) is 0 Å². The second-order valence-corrected chi connectivity index (χ2v) is 6.77. The first-order chi connectivity index (χ1) is 10.4. The predicted octanol–water partition coefficient (Wildman–Crippen LogP) is 6.11. The van der Waals surface area contributed by atoms with Crippen molar-refractivity contribution in [3.8, 4) is 0 Å². The Morgan fingerprint density at radius 3 is 2.55 bits per heavy atom. The summed E-state index contributed by atoms with van der Waals surface area (Å²) in [5, 5.41) is 0. The molecular weight excluding hydrogens is 268 g/mol. The maximum atomic E-state index is 10.5. The molecule has 22 heavy (non-hydrogen) atoms. The van der Waals surface area contributed by atoms with Crippen molar-refractivity contribution in [2.24, 2.45) is 5.41 Å². The van der Waals surface area contributed by atoms with Gasteiger partial charge in [0, 0.05) is 0 Å². The Balaban J connectivity index is 2.81. The summed E-state index contributed by atoms with van der Waals surface area (Å²) >= 11 is 0. The third kappa shape index (κ3) is 5.63. The Hall–Kier alpha value is -1.63. The van der Waals surface area contributed by atoms with Crippen LogP contribution in [0.5, 0.6) is 0 Å². The SMILES string of the molecule is CCC(/C=C/C=C(C)\C=C\C1=C(C)CCCC1(C)C)=C\C=O. The summed E-state index contributed by atoms with van der Waals surface area (Å²) in [4.78, 5) is 10.5. The molecule has 1 aliphatic rings. The topological polar surface area (TPSA) is 17.1 Å². The minimum atomic E-state index is 0.289. The Kier molecular flexibility index (Phi) is 7.31. The van der Waals surface area contributed by atoms with Crippen LogP contribution < -0.4 is 0 Å². The Labute approximate surface area is 136 Å². The van der Waals surface area contributed by atoms with Crippen LogP contribution in [0.2, 0.25) is 0 Å². The number of aldehydes is 1. The molecule has 0 saturated heterocycles. The molecule has 1 aliphatic carbocycles. The van der Waals surface area contributed by atoms with Gasteiger partial charge in [-0.25, -0.2) is 0 Å². The average molecular weight is 298 g/mol. The summed E-state index contributed by atoms with van der Waals surface area (Å²) in [7, 11) is 0. The van der Waals surface area contributed by atoms with Crippen molar-refractivity contribution in [3.63, 3.8) is 0 Å². The Morgan fingerprint density at radius 1 is 1.23 bits per heavy atom.